The minimum Gasteiger partial charge on any atom is -0.434 e. The number of nitrogens with zero attached hydrogens (tertiary/aromatic N) is 2. The molecule has 1 saturated heterocycles. The number of benzene rings is 2. The van der Waals surface area contributed by atoms with Crippen molar-refractivity contribution in [1.29, 1.82) is 0 Å². The Kier molecular flexibility index (Phi) is 11.1. The molecule has 0 amide bonds. The van der Waals surface area contributed by atoms with Crippen molar-refractivity contribution in [1.82, 2.24) is 15.5 Å². The Hall–Kier alpha value is -1.98. The summed E-state index contributed by atoms with van der Waals surface area (Å²) in [6.45, 7) is 3.35. The van der Waals surface area contributed by atoms with Gasteiger partial charge < -0.3 is 20.1 Å². The minimum atomic E-state index is -2.86. The first-order chi connectivity index (χ1) is 15.1. The van der Waals surface area contributed by atoms with Gasteiger partial charge in [-0.25, -0.2) is 0 Å². The van der Waals surface area contributed by atoms with E-state index in [9.17, 15) is 8.78 Å². The van der Waals surface area contributed by atoms with Gasteiger partial charge in [0.2, 0.25) is 0 Å². The van der Waals surface area contributed by atoms with Crippen LogP contribution in [0.5, 0.6) is 5.75 Å². The number of rotatable bonds is 8. The highest BCUT2D eigenvalue weighted by Crippen LogP contribution is 2.22. The van der Waals surface area contributed by atoms with E-state index in [-0.39, 0.29) is 35.8 Å². The molecule has 0 spiro atoms. The maximum atomic E-state index is 12.6. The van der Waals surface area contributed by atoms with Crippen molar-refractivity contribution in [3.63, 3.8) is 0 Å². The number of aryl methyl sites for hydroxylation is 1. The van der Waals surface area contributed by atoms with Gasteiger partial charge in [0, 0.05) is 38.8 Å². The highest BCUT2D eigenvalue weighted by molar-refractivity contribution is 14.0. The summed E-state index contributed by atoms with van der Waals surface area (Å²) in [4.78, 5) is 6.68. The molecule has 2 aromatic rings. The molecule has 1 atom stereocenters. The zero-order valence-electron chi connectivity index (χ0n) is 18.4. The van der Waals surface area contributed by atoms with Gasteiger partial charge in [0.15, 0.2) is 5.96 Å². The Morgan fingerprint density at radius 2 is 1.78 bits per heavy atom. The fourth-order valence-corrected chi connectivity index (χ4v) is 3.59. The summed E-state index contributed by atoms with van der Waals surface area (Å²) in [7, 11) is 1.69. The predicted molar refractivity (Wildman–Crippen MR) is 133 cm³/mol. The van der Waals surface area contributed by atoms with Gasteiger partial charge in [0.05, 0.1) is 19.3 Å². The lowest BCUT2D eigenvalue weighted by Gasteiger charge is -2.35. The summed E-state index contributed by atoms with van der Waals surface area (Å²) in [5, 5.41) is 6.57. The van der Waals surface area contributed by atoms with E-state index < -0.39 is 6.61 Å². The number of aliphatic imine (C=N–C) groups is 1. The third-order valence-corrected chi connectivity index (χ3v) is 5.27. The smallest absolute Gasteiger partial charge is 0.387 e. The topological polar surface area (TPSA) is 58.1 Å². The summed E-state index contributed by atoms with van der Waals surface area (Å²) >= 11 is 0. The molecule has 0 aromatic heterocycles. The van der Waals surface area contributed by atoms with Crippen molar-refractivity contribution in [2.45, 2.75) is 26.1 Å². The van der Waals surface area contributed by atoms with Crippen LogP contribution in [0, 0.1) is 6.92 Å². The molecule has 0 radical (unpaired) electrons. The highest BCUT2D eigenvalue weighted by Gasteiger charge is 2.23. The molecule has 1 fully saturated rings. The summed E-state index contributed by atoms with van der Waals surface area (Å²) in [6.07, 6.45) is 0. The lowest BCUT2D eigenvalue weighted by Crippen LogP contribution is -2.46. The lowest BCUT2D eigenvalue weighted by molar-refractivity contribution is -0.0504. The molecule has 176 valence electrons. The first-order valence-electron chi connectivity index (χ1n) is 10.4. The number of morpholine rings is 1. The zero-order chi connectivity index (χ0) is 22.1. The second-order valence-corrected chi connectivity index (χ2v) is 7.37. The quantitative estimate of drug-likeness (QED) is 0.291. The maximum absolute atomic E-state index is 12.6. The SMILES string of the molecule is CN=C(NCc1ccccc1OC(F)F)NCC(c1ccc(C)cc1)N1CCOCC1.I. The van der Waals surface area contributed by atoms with Crippen molar-refractivity contribution in [2.24, 2.45) is 4.99 Å². The molecular formula is C23H31F2IN4O2. The summed E-state index contributed by atoms with van der Waals surface area (Å²) in [5.41, 5.74) is 3.08. The summed E-state index contributed by atoms with van der Waals surface area (Å²) in [5.74, 6) is 0.753. The van der Waals surface area contributed by atoms with Crippen molar-refractivity contribution in [3.8, 4) is 5.75 Å². The van der Waals surface area contributed by atoms with Gasteiger partial charge >= 0.3 is 6.61 Å². The molecule has 2 N–H and O–H groups in total. The summed E-state index contributed by atoms with van der Waals surface area (Å²) < 4.78 is 35.4. The molecule has 1 aliphatic heterocycles. The van der Waals surface area contributed by atoms with Gasteiger partial charge in [-0.05, 0) is 18.6 Å². The van der Waals surface area contributed by atoms with Crippen molar-refractivity contribution < 1.29 is 18.3 Å². The van der Waals surface area contributed by atoms with E-state index in [0.29, 0.717) is 24.6 Å². The van der Waals surface area contributed by atoms with E-state index in [2.05, 4.69) is 56.5 Å². The van der Waals surface area contributed by atoms with Gasteiger partial charge in [-0.15, -0.1) is 24.0 Å². The number of nitrogens with one attached hydrogen (secondary N) is 2. The molecule has 9 heteroatoms. The van der Waals surface area contributed by atoms with E-state index in [1.807, 2.05) is 0 Å². The van der Waals surface area contributed by atoms with Gasteiger partial charge in [-0.3, -0.25) is 9.89 Å². The first kappa shape index (κ1) is 26.3. The molecule has 1 aliphatic rings. The second kappa shape index (κ2) is 13.5. The first-order valence-corrected chi connectivity index (χ1v) is 10.4. The lowest BCUT2D eigenvalue weighted by atomic mass is 10.0. The van der Waals surface area contributed by atoms with Crippen LogP contribution in [0.4, 0.5) is 8.78 Å². The molecule has 1 unspecified atom stereocenters. The van der Waals surface area contributed by atoms with E-state index in [1.54, 1.807) is 25.2 Å². The number of halogens is 3. The van der Waals surface area contributed by atoms with Crippen molar-refractivity contribution >= 4 is 29.9 Å². The number of para-hydroxylation sites is 1. The van der Waals surface area contributed by atoms with Crippen molar-refractivity contribution in [3.05, 3.63) is 65.2 Å². The Balaban J connectivity index is 0.00000363. The van der Waals surface area contributed by atoms with Crippen LogP contribution in [0.1, 0.15) is 22.7 Å². The van der Waals surface area contributed by atoms with E-state index in [4.69, 9.17) is 4.74 Å². The summed E-state index contributed by atoms with van der Waals surface area (Å²) in [6, 6.07) is 15.5. The zero-order valence-corrected chi connectivity index (χ0v) is 20.7. The molecule has 0 saturated carbocycles. The van der Waals surface area contributed by atoms with Crippen LogP contribution in [0.2, 0.25) is 0 Å². The predicted octanol–water partition coefficient (Wildman–Crippen LogP) is 3.95. The van der Waals surface area contributed by atoms with Crippen LogP contribution in [0.15, 0.2) is 53.5 Å². The molecule has 2 aromatic carbocycles. The molecule has 1 heterocycles. The minimum absolute atomic E-state index is 0. The fourth-order valence-electron chi connectivity index (χ4n) is 3.59. The number of ether oxygens (including phenoxy) is 2. The average Bonchev–Trinajstić information content (AvgIpc) is 2.78. The van der Waals surface area contributed by atoms with Gasteiger partial charge in [0.25, 0.3) is 0 Å². The third-order valence-electron chi connectivity index (χ3n) is 5.27. The Labute approximate surface area is 205 Å². The highest BCUT2D eigenvalue weighted by atomic mass is 127. The Morgan fingerprint density at radius 3 is 2.44 bits per heavy atom. The molecule has 3 rings (SSSR count). The largest absolute Gasteiger partial charge is 0.434 e. The number of hydrogen-bond donors (Lipinski definition) is 2. The molecule has 0 aliphatic carbocycles. The normalized spacial score (nSPS) is 15.7. The van der Waals surface area contributed by atoms with Crippen LogP contribution >= 0.6 is 24.0 Å². The van der Waals surface area contributed by atoms with E-state index >= 15 is 0 Å². The third kappa shape index (κ3) is 7.86. The second-order valence-electron chi connectivity index (χ2n) is 7.37. The van der Waals surface area contributed by atoms with Crippen LogP contribution in [-0.2, 0) is 11.3 Å². The molecule has 6 nitrogen and oxygen atoms in total. The molecule has 0 bridgehead atoms. The number of alkyl halides is 2. The van der Waals surface area contributed by atoms with E-state index in [0.717, 1.165) is 26.3 Å². The fraction of sp³-hybridized carbons (Fsp3) is 0.435. The number of hydrogen-bond acceptors (Lipinski definition) is 4. The monoisotopic (exact) mass is 560 g/mol. The molecular weight excluding hydrogens is 529 g/mol. The number of guanidine groups is 1. The van der Waals surface area contributed by atoms with Gasteiger partial charge in [-0.2, -0.15) is 8.78 Å². The van der Waals surface area contributed by atoms with Crippen LogP contribution < -0.4 is 15.4 Å². The van der Waals surface area contributed by atoms with Gasteiger partial charge in [-0.1, -0.05) is 48.0 Å². The Bertz CT molecular complexity index is 846. The maximum Gasteiger partial charge on any atom is 0.387 e. The van der Waals surface area contributed by atoms with Crippen LogP contribution in [0.3, 0.4) is 0 Å². The van der Waals surface area contributed by atoms with Gasteiger partial charge in [0.1, 0.15) is 5.75 Å². The molecule has 32 heavy (non-hydrogen) atoms. The Morgan fingerprint density at radius 1 is 1.09 bits per heavy atom. The van der Waals surface area contributed by atoms with Crippen molar-refractivity contribution in [2.75, 3.05) is 39.9 Å². The van der Waals surface area contributed by atoms with Crippen LogP contribution in [-0.4, -0.2) is 57.4 Å². The van der Waals surface area contributed by atoms with Crippen LogP contribution in [0.25, 0.3) is 0 Å². The average molecular weight is 560 g/mol. The van der Waals surface area contributed by atoms with E-state index in [1.165, 1.54) is 17.2 Å². The standard InChI is InChI=1S/C23H30F2N4O2.HI/c1-17-7-9-18(10-8-17)20(29-11-13-30-14-12-29)16-28-23(26-2)27-15-19-5-3-4-6-21(19)31-22(24)25;/h3-10,20,22H,11-16H2,1-2H3,(H2,26,27,28);1H.